The number of carbonyl (C=O) groups is 4. The number of sulfonamides is 1. The van der Waals surface area contributed by atoms with Crippen molar-refractivity contribution in [1.29, 1.82) is 0 Å². The van der Waals surface area contributed by atoms with Gasteiger partial charge in [-0.3, -0.25) is 19.1 Å². The molecule has 4 heterocycles. The Morgan fingerprint density at radius 1 is 1.00 bits per heavy atom. The van der Waals surface area contributed by atoms with Crippen LogP contribution in [0.25, 0.3) is 10.9 Å². The molecule has 3 N–H and O–H groups in total. The van der Waals surface area contributed by atoms with Gasteiger partial charge in [-0.05, 0) is 103 Å². The molecule has 1 spiro atoms. The zero-order valence-corrected chi connectivity index (χ0v) is 34.2. The third-order valence-electron chi connectivity index (χ3n) is 13.9. The zero-order valence-electron chi connectivity index (χ0n) is 33.4. The van der Waals surface area contributed by atoms with Crippen LogP contribution < -0.4 is 20.1 Å². The average Bonchev–Trinajstić information content (AvgIpc) is 3.58. The molecule has 5 atom stereocenters. The van der Waals surface area contributed by atoms with E-state index in [1.165, 1.54) is 4.90 Å². The minimum absolute atomic E-state index is 0.0147. The maximum atomic E-state index is 14.9. The standard InChI is InChI=1S/C42H52F3N5O8S/c1-26-33-29(28-13-8-9-14-30(28)46-26)17-20-39(57-33)24-32-34(51)48-41(36(53)49-59(55,56)38(2)22-23-38)21-16-27(41)12-6-4-3-5-7-15-31(35(52)50(32)25-39)47-37(54)58-40(42(43,44)45)18-10-11-19-40/h6,8-9,12-14,27,31-32H,3-5,7,10-11,15-25H2,1-2H3,(H,47,54)(H,48,51)(H,49,53)/b12-6-/t27-,31+,32+,39-,41-/m1/s1. The van der Waals surface area contributed by atoms with E-state index in [2.05, 4.69) is 15.4 Å². The zero-order chi connectivity index (χ0) is 42.0. The van der Waals surface area contributed by atoms with Crippen LogP contribution in [0.15, 0.2) is 36.4 Å². The fourth-order valence-corrected chi connectivity index (χ4v) is 11.1. The molecule has 13 nitrogen and oxygen atoms in total. The van der Waals surface area contributed by atoms with E-state index in [0.717, 1.165) is 16.5 Å². The summed E-state index contributed by atoms with van der Waals surface area (Å²) in [5.41, 5.74) is -3.05. The Hall–Kier alpha value is -4.41. The van der Waals surface area contributed by atoms with Gasteiger partial charge in [0.05, 0.1) is 22.5 Å². The molecule has 4 amide bonds. The summed E-state index contributed by atoms with van der Waals surface area (Å²) >= 11 is 0. The van der Waals surface area contributed by atoms with Gasteiger partial charge in [0.25, 0.3) is 5.91 Å². The summed E-state index contributed by atoms with van der Waals surface area (Å²) < 4.78 is 82.6. The van der Waals surface area contributed by atoms with Crippen molar-refractivity contribution in [3.8, 4) is 5.75 Å². The summed E-state index contributed by atoms with van der Waals surface area (Å²) in [5.74, 6) is -2.25. The first-order valence-corrected chi connectivity index (χ1v) is 22.4. The van der Waals surface area contributed by atoms with Gasteiger partial charge in [-0.2, -0.15) is 13.2 Å². The number of aryl methyl sites for hydroxylation is 2. The van der Waals surface area contributed by atoms with Crippen molar-refractivity contribution < 1.29 is 50.2 Å². The second-order valence-electron chi connectivity index (χ2n) is 17.8. The highest BCUT2D eigenvalue weighted by molar-refractivity contribution is 7.91. The Bertz CT molecular complexity index is 2190. The number of nitrogens with zero attached hydrogens (tertiary/aromatic N) is 2. The Balaban J connectivity index is 1.14. The molecule has 1 saturated heterocycles. The maximum Gasteiger partial charge on any atom is 0.428 e. The molecule has 3 aliphatic heterocycles. The summed E-state index contributed by atoms with van der Waals surface area (Å²) in [6.07, 6.45) is 1.96. The smallest absolute Gasteiger partial charge is 0.428 e. The van der Waals surface area contributed by atoms with E-state index in [4.69, 9.17) is 14.5 Å². The van der Waals surface area contributed by atoms with Gasteiger partial charge in [0.2, 0.25) is 27.4 Å². The molecule has 0 bridgehead atoms. The van der Waals surface area contributed by atoms with Crippen molar-refractivity contribution in [3.05, 3.63) is 47.7 Å². The predicted octanol–water partition coefficient (Wildman–Crippen LogP) is 5.96. The number of carbonyl (C=O) groups excluding carboxylic acids is 4. The van der Waals surface area contributed by atoms with Gasteiger partial charge >= 0.3 is 12.3 Å². The number of fused-ring (bicyclic) bond motifs is 5. The first kappa shape index (κ1) is 41.3. The average molecular weight is 844 g/mol. The number of para-hydroxylation sites is 1. The van der Waals surface area contributed by atoms with Crippen LogP contribution in [0.3, 0.4) is 0 Å². The largest absolute Gasteiger partial charge is 0.483 e. The van der Waals surface area contributed by atoms with Gasteiger partial charge in [0.15, 0.2) is 0 Å². The number of hydrogen-bond donors (Lipinski definition) is 3. The van der Waals surface area contributed by atoms with Crippen molar-refractivity contribution in [2.45, 2.75) is 156 Å². The number of benzene rings is 1. The van der Waals surface area contributed by atoms with Gasteiger partial charge < -0.3 is 25.0 Å². The lowest BCUT2D eigenvalue weighted by atomic mass is 9.65. The lowest BCUT2D eigenvalue weighted by Gasteiger charge is -2.48. The SMILES string of the molecule is Cc1nc2ccccc2c2c1O[C@]1(CC2)C[C@H]2C(=O)N[C@]3(C(=O)NS(=O)(=O)C4(C)CC4)CC[C@H]3/C=C\CCCCC[C@H](NC(=O)OC3(C(F)(F)F)CCCC3)C(=O)N2C1. The highest BCUT2D eigenvalue weighted by atomic mass is 32.2. The number of ether oxygens (including phenoxy) is 2. The van der Waals surface area contributed by atoms with Crippen molar-refractivity contribution in [1.82, 2.24) is 25.2 Å². The van der Waals surface area contributed by atoms with Crippen LogP contribution >= 0.6 is 0 Å². The number of nitrogens with one attached hydrogen (secondary N) is 3. The first-order chi connectivity index (χ1) is 27.9. The van der Waals surface area contributed by atoms with Crippen molar-refractivity contribution >= 4 is 44.7 Å². The number of hydrogen-bond acceptors (Lipinski definition) is 9. The molecule has 3 aliphatic carbocycles. The van der Waals surface area contributed by atoms with Gasteiger partial charge in [-0.15, -0.1) is 0 Å². The molecule has 59 heavy (non-hydrogen) atoms. The fourth-order valence-electron chi connectivity index (χ4n) is 9.75. The van der Waals surface area contributed by atoms with E-state index in [1.807, 2.05) is 43.3 Å². The molecule has 0 unspecified atom stereocenters. The number of aromatic nitrogens is 1. The van der Waals surface area contributed by atoms with Crippen LogP contribution in [0, 0.1) is 12.8 Å². The monoisotopic (exact) mass is 843 g/mol. The minimum Gasteiger partial charge on any atom is -0.483 e. The lowest BCUT2D eigenvalue weighted by Crippen LogP contribution is -2.70. The molecule has 6 aliphatic rings. The van der Waals surface area contributed by atoms with E-state index in [-0.39, 0.29) is 51.5 Å². The van der Waals surface area contributed by atoms with E-state index in [1.54, 1.807) is 6.92 Å². The number of alkyl carbamates (subject to hydrolysis) is 1. The predicted molar refractivity (Wildman–Crippen MR) is 209 cm³/mol. The van der Waals surface area contributed by atoms with Crippen LogP contribution in [0.5, 0.6) is 5.75 Å². The highest BCUT2D eigenvalue weighted by Gasteiger charge is 2.61. The van der Waals surface area contributed by atoms with Gasteiger partial charge in [-0.25, -0.2) is 18.2 Å². The van der Waals surface area contributed by atoms with Gasteiger partial charge in [0.1, 0.15) is 29.0 Å². The van der Waals surface area contributed by atoms with Crippen molar-refractivity contribution in [2.24, 2.45) is 5.92 Å². The van der Waals surface area contributed by atoms with Crippen LogP contribution in [-0.4, -0.2) is 88.4 Å². The second kappa shape index (κ2) is 14.9. The Morgan fingerprint density at radius 2 is 1.75 bits per heavy atom. The molecule has 8 rings (SSSR count). The van der Waals surface area contributed by atoms with Gasteiger partial charge in [0, 0.05) is 23.3 Å². The molecule has 1 aromatic heterocycles. The van der Waals surface area contributed by atoms with Crippen molar-refractivity contribution in [3.63, 3.8) is 0 Å². The van der Waals surface area contributed by atoms with E-state index >= 15 is 0 Å². The van der Waals surface area contributed by atoms with Crippen LogP contribution in [-0.2, 0) is 35.6 Å². The number of halogens is 3. The topological polar surface area (TPSA) is 173 Å². The lowest BCUT2D eigenvalue weighted by molar-refractivity contribution is -0.255. The number of alkyl halides is 3. The molecule has 3 saturated carbocycles. The number of rotatable bonds is 5. The van der Waals surface area contributed by atoms with Crippen LogP contribution in [0.1, 0.15) is 114 Å². The minimum atomic E-state index is -4.81. The summed E-state index contributed by atoms with van der Waals surface area (Å²) in [5, 5.41) is 6.30. The summed E-state index contributed by atoms with van der Waals surface area (Å²) in [6, 6.07) is 5.07. The summed E-state index contributed by atoms with van der Waals surface area (Å²) in [4.78, 5) is 63.3. The third kappa shape index (κ3) is 7.43. The fraction of sp³-hybridized carbons (Fsp3) is 0.643. The maximum absolute atomic E-state index is 14.9. The Labute approximate surface area is 341 Å². The quantitative estimate of drug-likeness (QED) is 0.307. The van der Waals surface area contributed by atoms with E-state index in [9.17, 15) is 40.8 Å². The van der Waals surface area contributed by atoms with Crippen molar-refractivity contribution in [2.75, 3.05) is 6.54 Å². The third-order valence-corrected chi connectivity index (χ3v) is 16.0. The molecule has 320 valence electrons. The molecular weight excluding hydrogens is 792 g/mol. The Morgan fingerprint density at radius 3 is 2.44 bits per heavy atom. The molecule has 2 aromatic rings. The van der Waals surface area contributed by atoms with Gasteiger partial charge in [-0.1, -0.05) is 43.2 Å². The Kier molecular flexibility index (Phi) is 10.5. The molecular formula is C42H52F3N5O8S. The van der Waals surface area contributed by atoms with E-state index in [0.29, 0.717) is 69.2 Å². The number of pyridine rings is 1. The van der Waals surface area contributed by atoms with E-state index < -0.39 is 79.5 Å². The molecule has 1 aromatic carbocycles. The second-order valence-corrected chi connectivity index (χ2v) is 20.0. The molecule has 4 fully saturated rings. The van der Waals surface area contributed by atoms with Crippen LogP contribution in [0.2, 0.25) is 0 Å². The van der Waals surface area contributed by atoms with Crippen LogP contribution in [0.4, 0.5) is 18.0 Å². The number of allylic oxidation sites excluding steroid dienone is 1. The highest BCUT2D eigenvalue weighted by Crippen LogP contribution is 2.48. The first-order valence-electron chi connectivity index (χ1n) is 20.9. The summed E-state index contributed by atoms with van der Waals surface area (Å²) in [6.45, 7) is 3.28. The number of amides is 4. The molecule has 17 heteroatoms. The normalized spacial score (nSPS) is 30.9. The molecule has 0 radical (unpaired) electrons. The summed E-state index contributed by atoms with van der Waals surface area (Å²) in [7, 11) is -4.07.